The summed E-state index contributed by atoms with van der Waals surface area (Å²) in [6.45, 7) is -0.162. The van der Waals surface area contributed by atoms with Crippen LogP contribution in [0, 0.1) is 0 Å². The molecule has 0 aromatic rings. The first kappa shape index (κ1) is 12.5. The molecule has 0 aromatic carbocycles. The number of rotatable bonds is 6. The fourth-order valence-corrected chi connectivity index (χ4v) is 0.714. The molecule has 0 atom stereocenters. The molecule has 0 radical (unpaired) electrons. The number of nitrogens with zero attached hydrogens (tertiary/aromatic N) is 4. The average Bonchev–Trinajstić information content (AvgIpc) is 2.19. The molecular weight excluding hydrogens is 204 g/mol. The minimum atomic E-state index is -1.97. The van der Waals surface area contributed by atoms with E-state index in [0.29, 0.717) is 0 Å². The van der Waals surface area contributed by atoms with Gasteiger partial charge in [-0.3, -0.25) is 0 Å². The topological polar surface area (TPSA) is 118 Å². The van der Waals surface area contributed by atoms with E-state index in [-0.39, 0.29) is 13.0 Å². The van der Waals surface area contributed by atoms with Gasteiger partial charge in [-0.05, 0) is 0 Å². The van der Waals surface area contributed by atoms with Gasteiger partial charge in [-0.15, -0.1) is 0 Å². The highest BCUT2D eigenvalue weighted by Crippen LogP contribution is 2.18. The van der Waals surface area contributed by atoms with Crippen molar-refractivity contribution in [3.63, 3.8) is 0 Å². The summed E-state index contributed by atoms with van der Waals surface area (Å²) in [6.07, 6.45) is 4.27. The van der Waals surface area contributed by atoms with E-state index in [0.717, 1.165) is 18.2 Å². The van der Waals surface area contributed by atoms with Crippen molar-refractivity contribution in [1.82, 2.24) is 0 Å². The highest BCUT2D eigenvalue weighted by molar-refractivity contribution is 5.42. The Labute approximate surface area is 83.2 Å². The van der Waals surface area contributed by atoms with Crippen LogP contribution in [-0.4, -0.2) is 36.7 Å². The Kier molecular flexibility index (Phi) is 5.82. The summed E-state index contributed by atoms with van der Waals surface area (Å²) in [5.41, 5.74) is 0. The van der Waals surface area contributed by atoms with E-state index in [1.54, 1.807) is 0 Å². The molecule has 0 saturated heterocycles. The number of hydrogen-bond acceptors (Lipinski definition) is 8. The van der Waals surface area contributed by atoms with Crippen LogP contribution >= 0.6 is 0 Å². The third-order valence-electron chi connectivity index (χ3n) is 1.30. The van der Waals surface area contributed by atoms with Gasteiger partial charge in [0, 0.05) is 6.42 Å². The molecule has 0 unspecified atom stereocenters. The molecule has 0 heterocycles. The highest BCUT2D eigenvalue weighted by atomic mass is 16.1. The molecule has 0 aromatic heterocycles. The van der Waals surface area contributed by atoms with E-state index < -0.39 is 5.79 Å². The minimum Gasteiger partial charge on any atom is -0.211 e. The Balaban J connectivity index is 5.09. The molecule has 0 rings (SSSR count). The smallest absolute Gasteiger partial charge is 0.211 e. The average molecular weight is 208 g/mol. The van der Waals surface area contributed by atoms with Gasteiger partial charge in [-0.1, -0.05) is 0 Å². The van der Waals surface area contributed by atoms with E-state index in [9.17, 15) is 19.2 Å². The van der Waals surface area contributed by atoms with Gasteiger partial charge in [0.15, 0.2) is 0 Å². The molecule has 0 N–H and O–H groups in total. The van der Waals surface area contributed by atoms with E-state index in [2.05, 4.69) is 20.0 Å². The number of carbonyl (C=O) groups excluding carboxylic acids is 4. The predicted molar refractivity (Wildman–Crippen MR) is 44.7 cm³/mol. The zero-order valence-corrected chi connectivity index (χ0v) is 7.34. The van der Waals surface area contributed by atoms with E-state index in [1.165, 1.54) is 6.08 Å². The van der Waals surface area contributed by atoms with Crippen molar-refractivity contribution in [2.24, 2.45) is 20.0 Å². The number of aliphatic imine (C=N–C) groups is 4. The maximum Gasteiger partial charge on any atom is 0.279 e. The Hall–Kier alpha value is -2.48. The maximum absolute atomic E-state index is 10.0. The van der Waals surface area contributed by atoms with Gasteiger partial charge in [0.05, 0.1) is 6.54 Å². The van der Waals surface area contributed by atoms with Crippen molar-refractivity contribution in [2.45, 2.75) is 12.2 Å². The molecule has 0 aliphatic rings. The Morgan fingerprint density at radius 3 is 1.60 bits per heavy atom. The fourth-order valence-electron chi connectivity index (χ4n) is 0.714. The molecule has 0 bridgehead atoms. The van der Waals surface area contributed by atoms with E-state index in [4.69, 9.17) is 0 Å². The van der Waals surface area contributed by atoms with Crippen molar-refractivity contribution in [3.8, 4) is 0 Å². The molecule has 0 fully saturated rings. The van der Waals surface area contributed by atoms with Gasteiger partial charge in [-0.25, -0.2) is 24.2 Å². The van der Waals surface area contributed by atoms with Crippen LogP contribution in [-0.2, 0) is 19.2 Å². The first-order valence-corrected chi connectivity index (χ1v) is 3.55. The van der Waals surface area contributed by atoms with Crippen molar-refractivity contribution in [3.05, 3.63) is 0 Å². The lowest BCUT2D eigenvalue weighted by Gasteiger charge is -2.11. The van der Waals surface area contributed by atoms with Crippen LogP contribution in [0.15, 0.2) is 20.0 Å². The quantitative estimate of drug-likeness (QED) is 0.426. The number of hydrogen-bond donors (Lipinski definition) is 0. The molecular formula is C7H4N4O4. The van der Waals surface area contributed by atoms with Crippen LogP contribution in [0.4, 0.5) is 0 Å². The number of isocyanates is 4. The van der Waals surface area contributed by atoms with Gasteiger partial charge in [-0.2, -0.15) is 15.0 Å². The van der Waals surface area contributed by atoms with Gasteiger partial charge in [0.1, 0.15) is 0 Å². The molecule has 15 heavy (non-hydrogen) atoms. The zero-order chi connectivity index (χ0) is 11.6. The van der Waals surface area contributed by atoms with Crippen LogP contribution in [0.2, 0.25) is 0 Å². The van der Waals surface area contributed by atoms with E-state index >= 15 is 0 Å². The SMILES string of the molecule is O=C=NCCC(N=C=O)(N=C=O)N=C=O. The predicted octanol–water partition coefficient (Wildman–Crippen LogP) is -0.627. The fraction of sp³-hybridized carbons (Fsp3) is 0.429. The normalized spacial score (nSPS) is 11.7. The summed E-state index contributed by atoms with van der Waals surface area (Å²) in [5, 5.41) is 0. The summed E-state index contributed by atoms with van der Waals surface area (Å²) in [7, 11) is 0. The summed E-state index contributed by atoms with van der Waals surface area (Å²) >= 11 is 0. The van der Waals surface area contributed by atoms with Crippen molar-refractivity contribution >= 4 is 24.3 Å². The van der Waals surface area contributed by atoms with Crippen LogP contribution in [0.25, 0.3) is 0 Å². The van der Waals surface area contributed by atoms with Crippen molar-refractivity contribution < 1.29 is 19.2 Å². The third kappa shape index (κ3) is 4.33. The highest BCUT2D eigenvalue weighted by Gasteiger charge is 2.28. The summed E-state index contributed by atoms with van der Waals surface area (Å²) < 4.78 is 0. The minimum absolute atomic E-state index is 0.162. The lowest BCUT2D eigenvalue weighted by molar-refractivity contribution is 0.425. The molecule has 0 aliphatic carbocycles. The lowest BCUT2D eigenvalue weighted by atomic mass is 10.2. The van der Waals surface area contributed by atoms with Crippen molar-refractivity contribution in [2.75, 3.05) is 6.54 Å². The van der Waals surface area contributed by atoms with Crippen LogP contribution in [0.1, 0.15) is 6.42 Å². The van der Waals surface area contributed by atoms with Gasteiger partial charge < -0.3 is 0 Å². The van der Waals surface area contributed by atoms with Gasteiger partial charge in [0.2, 0.25) is 24.3 Å². The summed E-state index contributed by atoms with van der Waals surface area (Å²) in [6, 6.07) is 0. The Morgan fingerprint density at radius 1 is 0.800 bits per heavy atom. The third-order valence-corrected chi connectivity index (χ3v) is 1.30. The standard InChI is InChI=1S/C7H4N4O4/c12-3-8-2-1-7(9-4-13,10-5-14)11-6-15/h1-2H2. The molecule has 0 amide bonds. The molecule has 0 spiro atoms. The van der Waals surface area contributed by atoms with Gasteiger partial charge >= 0.3 is 0 Å². The second-order valence-corrected chi connectivity index (χ2v) is 2.11. The second-order valence-electron chi connectivity index (χ2n) is 2.11. The Bertz CT molecular complexity index is 361. The first-order valence-electron chi connectivity index (χ1n) is 3.55. The van der Waals surface area contributed by atoms with Crippen LogP contribution in [0.5, 0.6) is 0 Å². The molecule has 76 valence electrons. The second kappa shape index (κ2) is 6.97. The van der Waals surface area contributed by atoms with Crippen LogP contribution in [0.3, 0.4) is 0 Å². The first-order chi connectivity index (χ1) is 7.24. The summed E-state index contributed by atoms with van der Waals surface area (Å²) in [5.74, 6) is -1.97. The summed E-state index contributed by atoms with van der Waals surface area (Å²) in [4.78, 5) is 52.1. The largest absolute Gasteiger partial charge is 0.279 e. The zero-order valence-electron chi connectivity index (χ0n) is 7.34. The van der Waals surface area contributed by atoms with Crippen molar-refractivity contribution in [1.29, 1.82) is 0 Å². The molecule has 0 saturated carbocycles. The van der Waals surface area contributed by atoms with E-state index in [1.807, 2.05) is 0 Å². The maximum atomic E-state index is 10.0. The Morgan fingerprint density at radius 2 is 1.27 bits per heavy atom. The van der Waals surface area contributed by atoms with Gasteiger partial charge in [0.25, 0.3) is 5.79 Å². The molecule has 8 nitrogen and oxygen atoms in total. The monoisotopic (exact) mass is 208 g/mol. The van der Waals surface area contributed by atoms with Crippen LogP contribution < -0.4 is 0 Å². The lowest BCUT2D eigenvalue weighted by Crippen LogP contribution is -2.21. The molecule has 8 heteroatoms. The molecule has 0 aliphatic heterocycles.